The van der Waals surface area contributed by atoms with E-state index in [4.69, 9.17) is 14.2 Å². The van der Waals surface area contributed by atoms with Gasteiger partial charge in [-0.15, -0.1) is 0 Å². The van der Waals surface area contributed by atoms with E-state index in [2.05, 4.69) is 22.0 Å². The van der Waals surface area contributed by atoms with Crippen molar-refractivity contribution in [2.24, 2.45) is 0 Å². The van der Waals surface area contributed by atoms with E-state index < -0.39 is 0 Å². The van der Waals surface area contributed by atoms with Gasteiger partial charge >= 0.3 is 6.03 Å². The molecule has 2 aromatic carbocycles. The van der Waals surface area contributed by atoms with Gasteiger partial charge in [-0.25, -0.2) is 9.78 Å². The molecular formula is C25H30N4O4. The Bertz CT molecular complexity index is 1070. The van der Waals surface area contributed by atoms with Crippen molar-refractivity contribution in [2.75, 3.05) is 46.4 Å². The van der Waals surface area contributed by atoms with Crippen molar-refractivity contribution in [1.29, 1.82) is 0 Å². The Morgan fingerprint density at radius 2 is 1.55 bits per heavy atom. The third-order valence-electron chi connectivity index (χ3n) is 6.20. The lowest BCUT2D eigenvalue weighted by Crippen LogP contribution is -2.46. The van der Waals surface area contributed by atoms with E-state index >= 15 is 0 Å². The third kappa shape index (κ3) is 4.89. The van der Waals surface area contributed by atoms with Crippen LogP contribution >= 0.6 is 0 Å². The molecule has 8 nitrogen and oxygen atoms in total. The largest absolute Gasteiger partial charge is 0.497 e. The maximum atomic E-state index is 13.1. The molecule has 0 bridgehead atoms. The smallest absolute Gasteiger partial charge is 0.329 e. The number of anilines is 1. The van der Waals surface area contributed by atoms with Crippen molar-refractivity contribution in [1.82, 2.24) is 14.5 Å². The minimum absolute atomic E-state index is 0.0912. The van der Waals surface area contributed by atoms with Crippen molar-refractivity contribution in [3.63, 3.8) is 0 Å². The van der Waals surface area contributed by atoms with Crippen molar-refractivity contribution >= 4 is 11.7 Å². The van der Waals surface area contributed by atoms with Gasteiger partial charge in [0, 0.05) is 49.7 Å². The fraction of sp³-hybridized carbons (Fsp3) is 0.360. The first-order chi connectivity index (χ1) is 16.0. The molecule has 0 spiro atoms. The molecule has 3 aromatic rings. The zero-order chi connectivity index (χ0) is 23.4. The molecule has 1 aliphatic heterocycles. The number of hydrogen-bond donors (Lipinski definition) is 0. The summed E-state index contributed by atoms with van der Waals surface area (Å²) in [6, 6.07) is 13.7. The van der Waals surface area contributed by atoms with Crippen LogP contribution in [0.15, 0.2) is 55.0 Å². The molecular weight excluding hydrogens is 420 g/mol. The Balaban J connectivity index is 1.40. The SMILES string of the molecule is COc1ccc(N2CCC(N(C)C(=O)n3cnc(-c4cc(OC)cc(OC)c4)c3)CC2)cc1. The van der Waals surface area contributed by atoms with E-state index in [-0.39, 0.29) is 12.1 Å². The summed E-state index contributed by atoms with van der Waals surface area (Å²) in [4.78, 5) is 21.7. The van der Waals surface area contributed by atoms with Crippen molar-refractivity contribution in [3.8, 4) is 28.5 Å². The van der Waals surface area contributed by atoms with Gasteiger partial charge in [-0.1, -0.05) is 0 Å². The highest BCUT2D eigenvalue weighted by Crippen LogP contribution is 2.29. The monoisotopic (exact) mass is 450 g/mol. The minimum atomic E-state index is -0.0912. The normalized spacial score (nSPS) is 14.1. The first-order valence-corrected chi connectivity index (χ1v) is 11.0. The number of aromatic nitrogens is 2. The molecule has 0 saturated carbocycles. The molecule has 2 heterocycles. The van der Waals surface area contributed by atoms with Gasteiger partial charge in [-0.2, -0.15) is 0 Å². The number of nitrogens with zero attached hydrogens (tertiary/aromatic N) is 4. The molecule has 1 saturated heterocycles. The molecule has 8 heteroatoms. The highest BCUT2D eigenvalue weighted by molar-refractivity contribution is 5.78. The Hall–Kier alpha value is -3.68. The number of imidazole rings is 1. The van der Waals surface area contributed by atoms with Gasteiger partial charge in [-0.3, -0.25) is 4.57 Å². The van der Waals surface area contributed by atoms with Crippen LogP contribution in [0.5, 0.6) is 17.2 Å². The summed E-state index contributed by atoms with van der Waals surface area (Å²) in [5.41, 5.74) is 2.69. The molecule has 1 amide bonds. The predicted molar refractivity (Wildman–Crippen MR) is 128 cm³/mol. The summed E-state index contributed by atoms with van der Waals surface area (Å²) in [5, 5.41) is 0. The third-order valence-corrected chi connectivity index (χ3v) is 6.20. The molecule has 33 heavy (non-hydrogen) atoms. The second kappa shape index (κ2) is 9.85. The lowest BCUT2D eigenvalue weighted by atomic mass is 10.0. The van der Waals surface area contributed by atoms with Crippen LogP contribution in [0.4, 0.5) is 10.5 Å². The maximum Gasteiger partial charge on any atom is 0.329 e. The Labute approximate surface area is 194 Å². The lowest BCUT2D eigenvalue weighted by Gasteiger charge is -2.37. The number of benzene rings is 2. The number of carbonyl (C=O) groups excluding carboxylic acids is 1. The summed E-state index contributed by atoms with van der Waals surface area (Å²) in [6.45, 7) is 1.79. The fourth-order valence-corrected chi connectivity index (χ4v) is 4.17. The van der Waals surface area contributed by atoms with Crippen LogP contribution in [-0.2, 0) is 0 Å². The molecule has 0 atom stereocenters. The van der Waals surface area contributed by atoms with Gasteiger partial charge in [-0.05, 0) is 49.2 Å². The molecule has 1 fully saturated rings. The lowest BCUT2D eigenvalue weighted by molar-refractivity contribution is 0.181. The maximum absolute atomic E-state index is 13.1. The number of methoxy groups -OCH3 is 3. The summed E-state index contributed by atoms with van der Waals surface area (Å²) < 4.78 is 17.5. The van der Waals surface area contributed by atoms with E-state index in [1.165, 1.54) is 10.3 Å². The van der Waals surface area contributed by atoms with E-state index in [1.54, 1.807) is 39.9 Å². The average Bonchev–Trinajstić information content (AvgIpc) is 3.38. The summed E-state index contributed by atoms with van der Waals surface area (Å²) in [7, 11) is 6.75. The van der Waals surface area contributed by atoms with Crippen LogP contribution in [0, 0.1) is 0 Å². The first kappa shape index (κ1) is 22.5. The van der Waals surface area contributed by atoms with E-state index in [0.29, 0.717) is 17.2 Å². The molecule has 4 rings (SSSR count). The predicted octanol–water partition coefficient (Wildman–Crippen LogP) is 4.14. The number of amides is 1. The molecule has 1 aromatic heterocycles. The quantitative estimate of drug-likeness (QED) is 0.562. The molecule has 0 aliphatic carbocycles. The topological polar surface area (TPSA) is 69.1 Å². The van der Waals surface area contributed by atoms with Gasteiger partial charge in [0.15, 0.2) is 0 Å². The van der Waals surface area contributed by atoms with Crippen LogP contribution < -0.4 is 19.1 Å². The number of rotatable bonds is 6. The Morgan fingerprint density at radius 1 is 0.939 bits per heavy atom. The number of piperidine rings is 1. The van der Waals surface area contributed by atoms with Gasteiger partial charge < -0.3 is 24.0 Å². The summed E-state index contributed by atoms with van der Waals surface area (Å²) in [6.07, 6.45) is 5.12. The highest BCUT2D eigenvalue weighted by atomic mass is 16.5. The van der Waals surface area contributed by atoms with E-state index in [0.717, 1.165) is 37.2 Å². The Morgan fingerprint density at radius 3 is 2.12 bits per heavy atom. The van der Waals surface area contributed by atoms with Crippen LogP contribution in [0.25, 0.3) is 11.3 Å². The van der Waals surface area contributed by atoms with Crippen molar-refractivity contribution in [2.45, 2.75) is 18.9 Å². The molecule has 174 valence electrons. The zero-order valence-electron chi connectivity index (χ0n) is 19.5. The van der Waals surface area contributed by atoms with Crippen LogP contribution in [0.2, 0.25) is 0 Å². The average molecular weight is 451 g/mol. The van der Waals surface area contributed by atoms with Crippen molar-refractivity contribution < 1.29 is 19.0 Å². The number of hydrogen-bond acceptors (Lipinski definition) is 6. The molecule has 0 unspecified atom stereocenters. The molecule has 1 aliphatic rings. The van der Waals surface area contributed by atoms with Gasteiger partial charge in [0.05, 0.1) is 27.0 Å². The number of ether oxygens (including phenoxy) is 3. The summed E-state index contributed by atoms with van der Waals surface area (Å²) >= 11 is 0. The van der Waals surface area contributed by atoms with Crippen LogP contribution in [0.3, 0.4) is 0 Å². The van der Waals surface area contributed by atoms with Gasteiger partial charge in [0.2, 0.25) is 0 Å². The second-order valence-corrected chi connectivity index (χ2v) is 8.08. The standard InChI is InChI=1S/C25H30N4O4/c1-27(19-9-11-28(12-10-19)20-5-7-21(31-2)8-6-20)25(30)29-16-24(26-17-29)18-13-22(32-3)15-23(14-18)33-4/h5-8,13-17,19H,9-12H2,1-4H3. The molecule has 0 radical (unpaired) electrons. The summed E-state index contributed by atoms with van der Waals surface area (Å²) in [5.74, 6) is 2.20. The first-order valence-electron chi connectivity index (χ1n) is 11.0. The van der Waals surface area contributed by atoms with Crippen molar-refractivity contribution in [3.05, 3.63) is 55.0 Å². The van der Waals surface area contributed by atoms with Crippen LogP contribution in [0.1, 0.15) is 12.8 Å². The Kier molecular flexibility index (Phi) is 6.72. The highest BCUT2D eigenvalue weighted by Gasteiger charge is 2.26. The number of carbonyl (C=O) groups is 1. The van der Waals surface area contributed by atoms with Crippen LogP contribution in [-0.4, -0.2) is 68.0 Å². The van der Waals surface area contributed by atoms with E-state index in [1.807, 2.05) is 36.2 Å². The van der Waals surface area contributed by atoms with E-state index in [9.17, 15) is 4.79 Å². The molecule has 0 N–H and O–H groups in total. The fourth-order valence-electron chi connectivity index (χ4n) is 4.17. The van der Waals surface area contributed by atoms with Gasteiger partial charge in [0.25, 0.3) is 0 Å². The minimum Gasteiger partial charge on any atom is -0.497 e. The zero-order valence-corrected chi connectivity index (χ0v) is 19.5. The van der Waals surface area contributed by atoms with Gasteiger partial charge in [0.1, 0.15) is 23.6 Å². The second-order valence-electron chi connectivity index (χ2n) is 8.08.